The lowest BCUT2D eigenvalue weighted by atomic mass is 9.87. The third kappa shape index (κ3) is 12.5. The molecule has 0 saturated carbocycles. The molecule has 100 heavy (non-hydrogen) atoms. The zero-order chi connectivity index (χ0) is 66.6. The van der Waals surface area contributed by atoms with Gasteiger partial charge >= 0.3 is 0 Å². The van der Waals surface area contributed by atoms with Gasteiger partial charge in [-0.15, -0.1) is 0 Å². The first-order valence-corrected chi connectivity index (χ1v) is 34.5. The van der Waals surface area contributed by atoms with Gasteiger partial charge in [-0.1, -0.05) is 388 Å². The van der Waals surface area contributed by atoms with Gasteiger partial charge < -0.3 is 0 Å². The minimum atomic E-state index is 1.19. The van der Waals surface area contributed by atoms with Crippen LogP contribution < -0.4 is 0 Å². The van der Waals surface area contributed by atoms with Gasteiger partial charge in [0.1, 0.15) is 0 Å². The van der Waals surface area contributed by atoms with Crippen LogP contribution in [0.1, 0.15) is 44.5 Å². The maximum atomic E-state index is 2.31. The van der Waals surface area contributed by atoms with Crippen LogP contribution in [0.3, 0.4) is 0 Å². The summed E-state index contributed by atoms with van der Waals surface area (Å²) in [5.74, 6) is 0. The van der Waals surface area contributed by atoms with Crippen molar-refractivity contribution in [1.29, 1.82) is 0 Å². The maximum Gasteiger partial charge on any atom is -0.00203 e. The van der Waals surface area contributed by atoms with Crippen LogP contribution in [0, 0.1) is 0 Å². The van der Waals surface area contributed by atoms with Gasteiger partial charge in [0.25, 0.3) is 0 Å². The summed E-state index contributed by atoms with van der Waals surface area (Å²) in [4.78, 5) is 0. The third-order valence-electron chi connectivity index (χ3n) is 19.6. The molecule has 0 saturated heterocycles. The van der Waals surface area contributed by atoms with Gasteiger partial charge in [-0.3, -0.25) is 0 Å². The first-order chi connectivity index (χ1) is 49.5. The number of hydrogen-bond acceptors (Lipinski definition) is 0. The van der Waals surface area contributed by atoms with Gasteiger partial charge in [0, 0.05) is 0 Å². The molecule has 0 aliphatic rings. The van der Waals surface area contributed by atoms with E-state index in [2.05, 4.69) is 400 Å². The molecule has 0 nitrogen and oxygen atoms in total. The highest BCUT2D eigenvalue weighted by molar-refractivity contribution is 6.29. The molecule has 0 spiro atoms. The number of benzene rings is 18. The molecule has 0 heterocycles. The Kier molecular flexibility index (Phi) is 16.5. The van der Waals surface area contributed by atoms with Gasteiger partial charge in [0.15, 0.2) is 0 Å². The van der Waals surface area contributed by atoms with E-state index in [1.54, 1.807) is 0 Å². The van der Waals surface area contributed by atoms with Crippen molar-refractivity contribution in [1.82, 2.24) is 0 Å². The second kappa shape index (κ2) is 27.3. The highest BCUT2D eigenvalue weighted by Gasteiger charge is 2.18. The molecule has 0 unspecified atom stereocenters. The maximum absolute atomic E-state index is 2.31. The van der Waals surface area contributed by atoms with Crippen molar-refractivity contribution in [3.63, 3.8) is 0 Å². The van der Waals surface area contributed by atoms with E-state index in [9.17, 15) is 0 Å². The lowest BCUT2D eigenvalue weighted by molar-refractivity contribution is 1.59. The molecule has 18 rings (SSSR count). The summed E-state index contributed by atoms with van der Waals surface area (Å²) < 4.78 is 0. The Labute approximate surface area is 584 Å². The van der Waals surface area contributed by atoms with E-state index in [-0.39, 0.29) is 0 Å². The van der Waals surface area contributed by atoms with Crippen LogP contribution in [0.5, 0.6) is 0 Å². The second-order valence-corrected chi connectivity index (χ2v) is 25.9. The summed E-state index contributed by atoms with van der Waals surface area (Å²) in [5.41, 5.74) is 24.4. The lowest BCUT2D eigenvalue weighted by Crippen LogP contribution is -1.90. The van der Waals surface area contributed by atoms with E-state index >= 15 is 0 Å². The lowest BCUT2D eigenvalue weighted by Gasteiger charge is -2.17. The quantitative estimate of drug-likeness (QED) is 0.0752. The fraction of sp³-hybridized carbons (Fsp3) is 0. The zero-order valence-electron chi connectivity index (χ0n) is 55.3. The molecule has 0 aromatic heterocycles. The monoisotopic (exact) mass is 1270 g/mol. The van der Waals surface area contributed by atoms with Crippen LogP contribution in [-0.4, -0.2) is 0 Å². The first kappa shape index (κ1) is 60.7. The van der Waals surface area contributed by atoms with Gasteiger partial charge in [0.05, 0.1) is 0 Å². The zero-order valence-corrected chi connectivity index (χ0v) is 55.3. The highest BCUT2D eigenvalue weighted by atomic mass is 14.2. The predicted octanol–water partition coefficient (Wildman–Crippen LogP) is 27.9. The first-order valence-electron chi connectivity index (χ1n) is 34.5. The minimum Gasteiger partial charge on any atom is -0.0622 e. The fourth-order valence-electron chi connectivity index (χ4n) is 14.6. The van der Waals surface area contributed by atoms with E-state index in [0.29, 0.717) is 0 Å². The Morgan fingerprint density at radius 2 is 0.340 bits per heavy atom. The molecule has 0 heteroatoms. The Hall–Kier alpha value is -13.0. The van der Waals surface area contributed by atoms with Crippen LogP contribution in [-0.2, 0) is 0 Å². The van der Waals surface area contributed by atoms with Crippen molar-refractivity contribution in [2.24, 2.45) is 0 Å². The SMILES string of the molecule is C(=C\c1cccc(-c2ccc(-c3ccc4ccc5c(-c6ccc(-c7cccc(/C=C/c8ccccc8)c7)cc6)ccc6ccc3c4c65)cc2)c1)/c1ccccc1.C(=C\c1cccc(-c2ccc3ccc4c(-c5cccc(/C=C/c6ccccc6)c5)ccc5ccc2c3c54)c1)/c1ccccc1. The van der Waals surface area contributed by atoms with Crippen molar-refractivity contribution in [2.45, 2.75) is 0 Å². The van der Waals surface area contributed by atoms with Crippen molar-refractivity contribution in [2.75, 3.05) is 0 Å². The second-order valence-electron chi connectivity index (χ2n) is 25.9. The summed E-state index contributed by atoms with van der Waals surface area (Å²) in [6.45, 7) is 0. The molecule has 0 N–H and O–H groups in total. The molecular formula is C100H68. The molecule has 18 aromatic rings. The van der Waals surface area contributed by atoms with Gasteiger partial charge in [0.2, 0.25) is 0 Å². The summed E-state index contributed by atoms with van der Waals surface area (Å²) in [6, 6.07) is 132. The van der Waals surface area contributed by atoms with Crippen molar-refractivity contribution < 1.29 is 0 Å². The smallest absolute Gasteiger partial charge is 0.00203 e. The molecule has 0 radical (unpaired) electrons. The Morgan fingerprint density at radius 1 is 0.130 bits per heavy atom. The third-order valence-corrected chi connectivity index (χ3v) is 19.6. The van der Waals surface area contributed by atoms with E-state index in [4.69, 9.17) is 0 Å². The van der Waals surface area contributed by atoms with Crippen molar-refractivity contribution >= 4 is 113 Å². The van der Waals surface area contributed by atoms with Crippen LogP contribution >= 0.6 is 0 Å². The van der Waals surface area contributed by atoms with Gasteiger partial charge in [-0.05, 0) is 200 Å². The summed E-state index contributed by atoms with van der Waals surface area (Å²) in [7, 11) is 0. The molecule has 0 bridgehead atoms. The fourth-order valence-corrected chi connectivity index (χ4v) is 14.6. The molecule has 0 atom stereocenters. The van der Waals surface area contributed by atoms with Crippen LogP contribution in [0.25, 0.3) is 180 Å². The Morgan fingerprint density at radius 3 is 0.620 bits per heavy atom. The van der Waals surface area contributed by atoms with E-state index in [1.165, 1.54) is 176 Å². The van der Waals surface area contributed by atoms with Crippen LogP contribution in [0.15, 0.2) is 364 Å². The summed E-state index contributed by atoms with van der Waals surface area (Å²) in [5, 5.41) is 15.6. The highest BCUT2D eigenvalue weighted by Crippen LogP contribution is 2.45. The summed E-state index contributed by atoms with van der Waals surface area (Å²) >= 11 is 0. The van der Waals surface area contributed by atoms with Crippen LogP contribution in [0.4, 0.5) is 0 Å². The average molecular weight is 1270 g/mol. The topological polar surface area (TPSA) is 0 Å². The van der Waals surface area contributed by atoms with E-state index in [1.807, 2.05) is 12.1 Å². The Balaban J connectivity index is 0.000000154. The van der Waals surface area contributed by atoms with Crippen molar-refractivity contribution in [3.8, 4) is 66.8 Å². The summed E-state index contributed by atoms with van der Waals surface area (Å²) in [6.07, 6.45) is 17.5. The normalized spacial score (nSPS) is 11.8. The molecular weight excluding hydrogens is 1200 g/mol. The molecule has 18 aromatic carbocycles. The standard InChI is InChI=1S/C56H38.C44H30/c1-3-9-39(10-4-1)17-19-41-13-7-15-49(37-41)43-21-25-45(26-22-43)51-33-29-47-32-36-54-52(34-30-48-31-35-53(51)55(47)56(48)54)46-27-23-44(24-28-46)50-16-8-14-42(38-50)20-18-40-11-5-2-6-12-40;1-3-9-31(10-4-1)17-19-33-13-7-15-37(29-33)39-25-21-35-24-28-42-40(26-22-36-23-27-41(39)43(35)44(36)42)38-16-8-14-34(30-38)20-18-32-11-5-2-6-12-32/h1-38H;1-30H/b2*19-17+,20-18+. The number of hydrogen-bond donors (Lipinski definition) is 0. The molecule has 0 aliphatic carbocycles. The minimum absolute atomic E-state index is 1.19. The van der Waals surface area contributed by atoms with Gasteiger partial charge in [-0.2, -0.15) is 0 Å². The Bertz CT molecular complexity index is 5700. The molecule has 0 aliphatic heterocycles. The molecule has 468 valence electrons. The van der Waals surface area contributed by atoms with E-state index in [0.717, 1.165) is 0 Å². The van der Waals surface area contributed by atoms with Crippen LogP contribution in [0.2, 0.25) is 0 Å². The molecule has 0 fully saturated rings. The number of rotatable bonds is 14. The largest absolute Gasteiger partial charge is 0.0622 e. The van der Waals surface area contributed by atoms with Crippen molar-refractivity contribution in [3.05, 3.63) is 408 Å². The average Bonchev–Trinajstić information content (AvgIpc) is 0.733. The molecule has 0 amide bonds. The van der Waals surface area contributed by atoms with E-state index < -0.39 is 0 Å². The van der Waals surface area contributed by atoms with Gasteiger partial charge in [-0.25, -0.2) is 0 Å². The predicted molar refractivity (Wildman–Crippen MR) is 434 cm³/mol.